The first kappa shape index (κ1) is 9.77. The van der Waals surface area contributed by atoms with Gasteiger partial charge in [-0.25, -0.2) is 4.79 Å². The second-order valence-electron chi connectivity index (χ2n) is 3.22. The molecule has 72 valence electrons. The molecule has 1 aromatic rings. The average Bonchev–Trinajstić information content (AvgIpc) is 2.02. The molecular weight excluding hydrogens is 168 g/mol. The second-order valence-corrected chi connectivity index (χ2v) is 3.22. The first-order valence-corrected chi connectivity index (χ1v) is 4.38. The predicted octanol–water partition coefficient (Wildman–Crippen LogP) is 0.816. The van der Waals surface area contributed by atoms with Gasteiger partial charge >= 0.3 is 5.69 Å². The van der Waals surface area contributed by atoms with E-state index in [4.69, 9.17) is 0 Å². The highest BCUT2D eigenvalue weighted by molar-refractivity contribution is 4.97. The lowest BCUT2D eigenvalue weighted by Gasteiger charge is -2.10. The van der Waals surface area contributed by atoms with E-state index < -0.39 is 0 Å². The van der Waals surface area contributed by atoms with E-state index in [1.165, 1.54) is 10.6 Å². The number of nitrogens with one attached hydrogen (secondary N) is 1. The van der Waals surface area contributed by atoms with Crippen molar-refractivity contribution in [2.75, 3.05) is 0 Å². The fraction of sp³-hybridized carbons (Fsp3) is 0.556. The molecule has 0 amide bonds. The largest absolute Gasteiger partial charge is 0.328 e. The third-order valence-corrected chi connectivity index (χ3v) is 2.13. The lowest BCUT2D eigenvalue weighted by atomic mass is 10.2. The summed E-state index contributed by atoms with van der Waals surface area (Å²) in [6.07, 6.45) is 0.770. The van der Waals surface area contributed by atoms with Crippen LogP contribution in [0.5, 0.6) is 0 Å². The van der Waals surface area contributed by atoms with E-state index >= 15 is 0 Å². The Kier molecular flexibility index (Phi) is 2.70. The normalized spacial score (nSPS) is 12.8. The molecule has 0 aromatic carbocycles. The highest BCUT2D eigenvalue weighted by Gasteiger charge is 2.07. The van der Waals surface area contributed by atoms with Gasteiger partial charge in [0.1, 0.15) is 0 Å². The van der Waals surface area contributed by atoms with Crippen molar-refractivity contribution in [1.29, 1.82) is 0 Å². The molecule has 0 saturated carbocycles. The summed E-state index contributed by atoms with van der Waals surface area (Å²) in [5.74, 6) is 0. The highest BCUT2D eigenvalue weighted by Crippen LogP contribution is 2.02. The Morgan fingerprint density at radius 2 is 2.15 bits per heavy atom. The zero-order chi connectivity index (χ0) is 10.0. The minimum Gasteiger partial charge on any atom is -0.311 e. The Morgan fingerprint density at radius 1 is 1.54 bits per heavy atom. The monoisotopic (exact) mass is 182 g/mol. The first-order valence-electron chi connectivity index (χ1n) is 4.38. The van der Waals surface area contributed by atoms with Crippen LogP contribution < -0.4 is 11.2 Å². The summed E-state index contributed by atoms with van der Waals surface area (Å²) in [6.45, 7) is 5.49. The predicted molar refractivity (Wildman–Crippen MR) is 51.1 cm³/mol. The molecule has 13 heavy (non-hydrogen) atoms. The van der Waals surface area contributed by atoms with Crippen molar-refractivity contribution in [2.24, 2.45) is 0 Å². The van der Waals surface area contributed by atoms with Crippen LogP contribution in [0, 0.1) is 6.92 Å². The number of aromatic nitrogens is 2. The molecule has 1 heterocycles. The Balaban J connectivity index is 3.38. The smallest absolute Gasteiger partial charge is 0.311 e. The highest BCUT2D eigenvalue weighted by atomic mass is 16.2. The second kappa shape index (κ2) is 3.60. The zero-order valence-corrected chi connectivity index (χ0v) is 8.13. The van der Waals surface area contributed by atoms with Crippen molar-refractivity contribution in [1.82, 2.24) is 9.55 Å². The van der Waals surface area contributed by atoms with Gasteiger partial charge in [0.05, 0.1) is 0 Å². The number of aromatic amines is 1. The summed E-state index contributed by atoms with van der Waals surface area (Å²) in [5, 5.41) is 0. The number of hydrogen-bond acceptors (Lipinski definition) is 2. The van der Waals surface area contributed by atoms with Gasteiger partial charge in [-0.1, -0.05) is 6.92 Å². The lowest BCUT2D eigenvalue weighted by Crippen LogP contribution is -2.36. The van der Waals surface area contributed by atoms with Crippen molar-refractivity contribution in [3.8, 4) is 0 Å². The van der Waals surface area contributed by atoms with Crippen LogP contribution in [-0.2, 0) is 0 Å². The molecule has 0 spiro atoms. The van der Waals surface area contributed by atoms with Crippen molar-refractivity contribution in [2.45, 2.75) is 33.2 Å². The maximum atomic E-state index is 11.4. The van der Waals surface area contributed by atoms with E-state index in [1.54, 1.807) is 6.92 Å². The van der Waals surface area contributed by atoms with E-state index in [2.05, 4.69) is 4.98 Å². The number of aryl methyl sites for hydroxylation is 1. The van der Waals surface area contributed by atoms with Crippen molar-refractivity contribution in [3.05, 3.63) is 32.6 Å². The summed E-state index contributed by atoms with van der Waals surface area (Å²) >= 11 is 0. The third-order valence-electron chi connectivity index (χ3n) is 2.13. The Labute approximate surface area is 76.2 Å². The molecule has 1 aromatic heterocycles. The summed E-state index contributed by atoms with van der Waals surface area (Å²) in [6, 6.07) is 1.39. The van der Waals surface area contributed by atoms with Crippen LogP contribution in [0.1, 0.15) is 32.0 Å². The molecule has 0 aliphatic carbocycles. The van der Waals surface area contributed by atoms with Gasteiger partial charge in [0.25, 0.3) is 5.56 Å². The van der Waals surface area contributed by atoms with Crippen molar-refractivity contribution < 1.29 is 0 Å². The fourth-order valence-corrected chi connectivity index (χ4v) is 1.22. The van der Waals surface area contributed by atoms with E-state index in [9.17, 15) is 9.59 Å². The van der Waals surface area contributed by atoms with E-state index in [1.807, 2.05) is 13.8 Å². The van der Waals surface area contributed by atoms with E-state index in [0.717, 1.165) is 6.42 Å². The summed E-state index contributed by atoms with van der Waals surface area (Å²) in [7, 11) is 0. The molecule has 0 saturated heterocycles. The number of hydrogen-bond donors (Lipinski definition) is 1. The average molecular weight is 182 g/mol. The number of H-pyrrole nitrogens is 1. The van der Waals surface area contributed by atoms with Gasteiger partial charge in [-0.05, 0) is 20.3 Å². The molecule has 0 unspecified atom stereocenters. The van der Waals surface area contributed by atoms with Crippen LogP contribution in [-0.4, -0.2) is 9.55 Å². The van der Waals surface area contributed by atoms with Gasteiger partial charge < -0.3 is 4.98 Å². The van der Waals surface area contributed by atoms with Gasteiger partial charge in [0, 0.05) is 17.8 Å². The topological polar surface area (TPSA) is 54.9 Å². The standard InChI is InChI=1S/C9H14N2O2/c1-4-7(3)11-8(12)5-6(2)10-9(11)13/h5,7H,4H2,1-3H3,(H,10,13)/t7-/m0/s1. The molecule has 0 fully saturated rings. The maximum Gasteiger partial charge on any atom is 0.328 e. The molecule has 0 bridgehead atoms. The zero-order valence-electron chi connectivity index (χ0n) is 8.13. The number of nitrogens with zero attached hydrogens (tertiary/aromatic N) is 1. The van der Waals surface area contributed by atoms with Crippen LogP contribution >= 0.6 is 0 Å². The molecular formula is C9H14N2O2. The molecule has 4 nitrogen and oxygen atoms in total. The SMILES string of the molecule is CC[C@H](C)n1c(=O)cc(C)[nH]c1=O. The third kappa shape index (κ3) is 1.88. The summed E-state index contributed by atoms with van der Waals surface area (Å²) in [5.41, 5.74) is 0.0597. The molecule has 1 rings (SSSR count). The minimum absolute atomic E-state index is 0.0446. The van der Waals surface area contributed by atoms with E-state index in [-0.39, 0.29) is 17.3 Å². The van der Waals surface area contributed by atoms with Crippen LogP contribution in [0.2, 0.25) is 0 Å². The minimum atomic E-state index is -0.320. The molecule has 1 N–H and O–H groups in total. The summed E-state index contributed by atoms with van der Waals surface area (Å²) in [4.78, 5) is 25.4. The van der Waals surface area contributed by atoms with Crippen LogP contribution in [0.3, 0.4) is 0 Å². The quantitative estimate of drug-likeness (QED) is 0.736. The van der Waals surface area contributed by atoms with Gasteiger partial charge in [0.2, 0.25) is 0 Å². The Morgan fingerprint density at radius 3 is 2.62 bits per heavy atom. The fourth-order valence-electron chi connectivity index (χ4n) is 1.22. The van der Waals surface area contributed by atoms with Crippen LogP contribution in [0.25, 0.3) is 0 Å². The molecule has 0 aliphatic rings. The van der Waals surface area contributed by atoms with Gasteiger partial charge in [-0.3, -0.25) is 9.36 Å². The Hall–Kier alpha value is -1.32. The number of rotatable bonds is 2. The maximum absolute atomic E-state index is 11.4. The molecule has 0 aliphatic heterocycles. The lowest BCUT2D eigenvalue weighted by molar-refractivity contribution is 0.488. The van der Waals surface area contributed by atoms with Crippen LogP contribution in [0.4, 0.5) is 0 Å². The first-order chi connectivity index (χ1) is 6.06. The van der Waals surface area contributed by atoms with Crippen molar-refractivity contribution >= 4 is 0 Å². The van der Waals surface area contributed by atoms with Gasteiger partial charge in [0.15, 0.2) is 0 Å². The van der Waals surface area contributed by atoms with Gasteiger partial charge in [-0.2, -0.15) is 0 Å². The Bertz CT molecular complexity index is 372. The summed E-state index contributed by atoms with van der Waals surface area (Å²) < 4.78 is 1.24. The molecule has 4 heteroatoms. The molecule has 0 radical (unpaired) electrons. The van der Waals surface area contributed by atoms with E-state index in [0.29, 0.717) is 5.69 Å². The molecule has 1 atom stereocenters. The van der Waals surface area contributed by atoms with Gasteiger partial charge in [-0.15, -0.1) is 0 Å². The van der Waals surface area contributed by atoms with Crippen LogP contribution in [0.15, 0.2) is 15.7 Å². The van der Waals surface area contributed by atoms with Crippen molar-refractivity contribution in [3.63, 3.8) is 0 Å².